The first-order chi connectivity index (χ1) is 12.6. The Labute approximate surface area is 156 Å². The van der Waals surface area contributed by atoms with Gasteiger partial charge >= 0.3 is 0 Å². The average molecular weight is 368 g/mol. The summed E-state index contributed by atoms with van der Waals surface area (Å²) in [5.41, 5.74) is 2.84. The van der Waals surface area contributed by atoms with Crippen molar-refractivity contribution in [3.8, 4) is 11.4 Å². The summed E-state index contributed by atoms with van der Waals surface area (Å²) in [5.74, 6) is 1.61. The second-order valence-corrected chi connectivity index (χ2v) is 6.72. The summed E-state index contributed by atoms with van der Waals surface area (Å²) in [6.45, 7) is 3.94. The van der Waals surface area contributed by atoms with E-state index in [1.54, 1.807) is 13.2 Å². The zero-order valence-corrected chi connectivity index (χ0v) is 15.7. The number of carbonyl (C=O) groups is 1. The van der Waals surface area contributed by atoms with Crippen LogP contribution in [0.25, 0.3) is 5.69 Å². The van der Waals surface area contributed by atoms with E-state index in [0.717, 1.165) is 17.1 Å². The summed E-state index contributed by atoms with van der Waals surface area (Å²) in [4.78, 5) is 12.3. The Morgan fingerprint density at radius 2 is 1.96 bits per heavy atom. The third-order valence-corrected chi connectivity index (χ3v) is 4.67. The number of ether oxygens (including phenoxy) is 1. The summed E-state index contributed by atoms with van der Waals surface area (Å²) in [5, 5.41) is 11.9. The van der Waals surface area contributed by atoms with Crippen LogP contribution in [0.4, 0.5) is 5.69 Å². The first-order valence-corrected chi connectivity index (χ1v) is 9.11. The Morgan fingerprint density at radius 3 is 2.73 bits per heavy atom. The molecule has 0 aliphatic carbocycles. The van der Waals surface area contributed by atoms with Gasteiger partial charge in [0.1, 0.15) is 11.6 Å². The number of methoxy groups -OCH3 is 1. The lowest BCUT2D eigenvalue weighted by atomic mass is 10.2. The van der Waals surface area contributed by atoms with Gasteiger partial charge < -0.3 is 10.1 Å². The van der Waals surface area contributed by atoms with Gasteiger partial charge in [-0.15, -0.1) is 10.2 Å². The summed E-state index contributed by atoms with van der Waals surface area (Å²) in [6, 6.07) is 15.4. The zero-order valence-electron chi connectivity index (χ0n) is 14.9. The minimum absolute atomic E-state index is 0.111. The molecule has 3 aromatic rings. The number of hydrogen-bond donors (Lipinski definition) is 1. The summed E-state index contributed by atoms with van der Waals surface area (Å²) in [6.07, 6.45) is 0. The van der Waals surface area contributed by atoms with E-state index in [4.69, 9.17) is 4.74 Å². The second kappa shape index (κ2) is 8.05. The van der Waals surface area contributed by atoms with E-state index in [-0.39, 0.29) is 11.7 Å². The van der Waals surface area contributed by atoms with E-state index in [9.17, 15) is 4.79 Å². The van der Waals surface area contributed by atoms with Gasteiger partial charge in [0.15, 0.2) is 5.16 Å². The van der Waals surface area contributed by atoms with Crippen LogP contribution in [0.2, 0.25) is 0 Å². The fraction of sp³-hybridized carbons (Fsp3) is 0.211. The Kier molecular flexibility index (Phi) is 5.58. The second-order valence-electron chi connectivity index (χ2n) is 5.77. The minimum atomic E-state index is -0.111. The number of aromatic nitrogens is 3. The van der Waals surface area contributed by atoms with Crippen molar-refractivity contribution < 1.29 is 9.53 Å². The number of anilines is 1. The van der Waals surface area contributed by atoms with Crippen LogP contribution >= 0.6 is 11.8 Å². The maximum Gasteiger partial charge on any atom is 0.234 e. The highest BCUT2D eigenvalue weighted by molar-refractivity contribution is 7.99. The molecule has 7 heteroatoms. The Bertz CT molecular complexity index is 923. The lowest BCUT2D eigenvalue weighted by molar-refractivity contribution is -0.113. The molecule has 1 N–H and O–H groups in total. The normalized spacial score (nSPS) is 10.6. The molecule has 0 fully saturated rings. The van der Waals surface area contributed by atoms with Crippen molar-refractivity contribution in [3.63, 3.8) is 0 Å². The maximum atomic E-state index is 12.3. The molecule has 0 radical (unpaired) electrons. The number of rotatable bonds is 6. The third-order valence-electron chi connectivity index (χ3n) is 3.74. The number of aryl methyl sites for hydroxylation is 2. The number of thioether (sulfide) groups is 1. The molecule has 0 spiro atoms. The molecule has 0 aliphatic heterocycles. The minimum Gasteiger partial charge on any atom is -0.497 e. The molecule has 0 saturated carbocycles. The van der Waals surface area contributed by atoms with Crippen LogP contribution in [-0.4, -0.2) is 33.5 Å². The van der Waals surface area contributed by atoms with Gasteiger partial charge in [-0.05, 0) is 43.7 Å². The van der Waals surface area contributed by atoms with Crippen molar-refractivity contribution in [3.05, 3.63) is 59.9 Å². The number of nitrogens with one attached hydrogen (secondary N) is 1. The fourth-order valence-corrected chi connectivity index (χ4v) is 3.33. The van der Waals surface area contributed by atoms with Crippen molar-refractivity contribution in [2.75, 3.05) is 18.2 Å². The molecular weight excluding hydrogens is 348 g/mol. The molecule has 0 aliphatic rings. The van der Waals surface area contributed by atoms with Crippen molar-refractivity contribution in [1.82, 2.24) is 14.8 Å². The van der Waals surface area contributed by atoms with E-state index >= 15 is 0 Å². The number of benzene rings is 2. The molecule has 1 aromatic heterocycles. The van der Waals surface area contributed by atoms with Gasteiger partial charge in [-0.2, -0.15) is 0 Å². The van der Waals surface area contributed by atoms with Crippen molar-refractivity contribution in [2.45, 2.75) is 19.0 Å². The number of amides is 1. The zero-order chi connectivity index (χ0) is 18.5. The smallest absolute Gasteiger partial charge is 0.234 e. The molecule has 0 atom stereocenters. The standard InChI is InChI=1S/C19H20N4O2S/c1-13-6-4-8-16(10-13)23-14(2)21-22-19(23)26-12-18(24)20-15-7-5-9-17(11-15)25-3/h4-11H,12H2,1-3H3,(H,20,24). The summed E-state index contributed by atoms with van der Waals surface area (Å²) >= 11 is 1.35. The third kappa shape index (κ3) is 4.23. The SMILES string of the molecule is COc1cccc(NC(=O)CSc2nnc(C)n2-c2cccc(C)c2)c1. The summed E-state index contributed by atoms with van der Waals surface area (Å²) < 4.78 is 7.12. The van der Waals surface area contributed by atoms with Crippen LogP contribution in [0.15, 0.2) is 53.7 Å². The van der Waals surface area contributed by atoms with E-state index in [0.29, 0.717) is 16.6 Å². The van der Waals surface area contributed by atoms with Crippen LogP contribution in [-0.2, 0) is 4.79 Å². The lowest BCUT2D eigenvalue weighted by Gasteiger charge is -2.09. The van der Waals surface area contributed by atoms with E-state index in [1.807, 2.05) is 54.8 Å². The number of hydrogen-bond acceptors (Lipinski definition) is 5. The van der Waals surface area contributed by atoms with Gasteiger partial charge in [0.05, 0.1) is 12.9 Å². The van der Waals surface area contributed by atoms with Crippen molar-refractivity contribution in [1.29, 1.82) is 0 Å². The number of carbonyl (C=O) groups excluding carboxylic acids is 1. The average Bonchev–Trinajstić information content (AvgIpc) is 3.00. The molecule has 3 rings (SSSR count). The molecule has 2 aromatic carbocycles. The Hall–Kier alpha value is -2.80. The van der Waals surface area contributed by atoms with Crippen molar-refractivity contribution >= 4 is 23.4 Å². The van der Waals surface area contributed by atoms with E-state index in [1.165, 1.54) is 11.8 Å². The Morgan fingerprint density at radius 1 is 1.15 bits per heavy atom. The van der Waals surface area contributed by atoms with Crippen LogP contribution in [0.3, 0.4) is 0 Å². The highest BCUT2D eigenvalue weighted by Gasteiger charge is 2.13. The lowest BCUT2D eigenvalue weighted by Crippen LogP contribution is -2.14. The molecular formula is C19H20N4O2S. The number of nitrogens with zero attached hydrogens (tertiary/aromatic N) is 3. The van der Waals surface area contributed by atoms with Crippen LogP contribution in [0.1, 0.15) is 11.4 Å². The van der Waals surface area contributed by atoms with Gasteiger partial charge in [0, 0.05) is 17.4 Å². The molecule has 0 bridgehead atoms. The molecule has 134 valence electrons. The van der Waals surface area contributed by atoms with Gasteiger partial charge in [0.25, 0.3) is 0 Å². The van der Waals surface area contributed by atoms with Gasteiger partial charge in [-0.25, -0.2) is 0 Å². The van der Waals surface area contributed by atoms with Crippen molar-refractivity contribution in [2.24, 2.45) is 0 Å². The van der Waals surface area contributed by atoms with Gasteiger partial charge in [-0.1, -0.05) is 30.0 Å². The fourth-order valence-electron chi connectivity index (χ4n) is 2.53. The van der Waals surface area contributed by atoms with Crippen LogP contribution in [0.5, 0.6) is 5.75 Å². The predicted octanol–water partition coefficient (Wildman–Crippen LogP) is 3.62. The van der Waals surface area contributed by atoms with Gasteiger partial charge in [0.2, 0.25) is 5.91 Å². The van der Waals surface area contributed by atoms with E-state index in [2.05, 4.69) is 21.6 Å². The molecule has 6 nitrogen and oxygen atoms in total. The van der Waals surface area contributed by atoms with Gasteiger partial charge in [-0.3, -0.25) is 9.36 Å². The van der Waals surface area contributed by atoms with E-state index < -0.39 is 0 Å². The molecule has 0 unspecified atom stereocenters. The Balaban J connectivity index is 1.69. The monoisotopic (exact) mass is 368 g/mol. The largest absolute Gasteiger partial charge is 0.497 e. The molecule has 26 heavy (non-hydrogen) atoms. The highest BCUT2D eigenvalue weighted by Crippen LogP contribution is 2.23. The molecule has 0 saturated heterocycles. The predicted molar refractivity (Wildman–Crippen MR) is 103 cm³/mol. The maximum absolute atomic E-state index is 12.3. The quantitative estimate of drug-likeness (QED) is 0.673. The van der Waals surface area contributed by atoms with Crippen LogP contribution in [0, 0.1) is 13.8 Å². The summed E-state index contributed by atoms with van der Waals surface area (Å²) in [7, 11) is 1.59. The topological polar surface area (TPSA) is 69.0 Å². The highest BCUT2D eigenvalue weighted by atomic mass is 32.2. The molecule has 1 heterocycles. The molecule has 1 amide bonds. The van der Waals surface area contributed by atoms with Crippen LogP contribution < -0.4 is 10.1 Å². The first-order valence-electron chi connectivity index (χ1n) is 8.12. The first kappa shape index (κ1) is 18.0.